The lowest BCUT2D eigenvalue weighted by atomic mass is 10.1. The smallest absolute Gasteiger partial charge is 0.0663 e. The molecule has 0 bridgehead atoms. The van der Waals surface area contributed by atoms with Gasteiger partial charge in [-0.3, -0.25) is 0 Å². The molecule has 0 saturated heterocycles. The standard InChI is InChI=1S/C15H25BrN2O/c1-6-18(11(2)10-19-5)15-8-7-13(9-14(15)16)12(3)17-4/h7-9,11-12,17H,6,10H2,1-5H3. The number of hydrogen-bond acceptors (Lipinski definition) is 3. The van der Waals surface area contributed by atoms with Gasteiger partial charge in [0, 0.05) is 30.2 Å². The minimum atomic E-state index is 0.358. The van der Waals surface area contributed by atoms with Crippen molar-refractivity contribution in [1.29, 1.82) is 0 Å². The van der Waals surface area contributed by atoms with Gasteiger partial charge in [0.15, 0.2) is 0 Å². The van der Waals surface area contributed by atoms with E-state index in [1.54, 1.807) is 7.11 Å². The second-order valence-corrected chi connectivity index (χ2v) is 5.67. The molecule has 2 unspecified atom stereocenters. The van der Waals surface area contributed by atoms with Crippen LogP contribution in [0.4, 0.5) is 5.69 Å². The first kappa shape index (κ1) is 16.5. The molecule has 0 aliphatic carbocycles. The van der Waals surface area contributed by atoms with Crippen molar-refractivity contribution in [3.8, 4) is 0 Å². The van der Waals surface area contributed by atoms with Crippen molar-refractivity contribution in [1.82, 2.24) is 5.32 Å². The number of nitrogens with one attached hydrogen (secondary N) is 1. The number of rotatable bonds is 7. The Kier molecular flexibility index (Phi) is 6.83. The molecule has 19 heavy (non-hydrogen) atoms. The van der Waals surface area contributed by atoms with Crippen molar-refractivity contribution in [3.05, 3.63) is 28.2 Å². The topological polar surface area (TPSA) is 24.5 Å². The predicted octanol–water partition coefficient (Wildman–Crippen LogP) is 3.59. The zero-order chi connectivity index (χ0) is 14.4. The third-order valence-corrected chi connectivity index (χ3v) is 4.13. The number of methoxy groups -OCH3 is 1. The highest BCUT2D eigenvalue weighted by atomic mass is 79.9. The minimum Gasteiger partial charge on any atom is -0.383 e. The average molecular weight is 329 g/mol. The maximum absolute atomic E-state index is 5.26. The van der Waals surface area contributed by atoms with Crippen LogP contribution in [0.1, 0.15) is 32.4 Å². The van der Waals surface area contributed by atoms with Crippen LogP contribution >= 0.6 is 15.9 Å². The molecular formula is C15H25BrN2O. The van der Waals surface area contributed by atoms with Crippen LogP contribution in [0.2, 0.25) is 0 Å². The van der Waals surface area contributed by atoms with E-state index in [1.165, 1.54) is 11.3 Å². The van der Waals surface area contributed by atoms with Crippen molar-refractivity contribution < 1.29 is 4.74 Å². The third kappa shape index (κ3) is 4.20. The fourth-order valence-electron chi connectivity index (χ4n) is 2.24. The molecule has 2 atom stereocenters. The summed E-state index contributed by atoms with van der Waals surface area (Å²) in [6.07, 6.45) is 0. The lowest BCUT2D eigenvalue weighted by Gasteiger charge is -2.31. The Hall–Kier alpha value is -0.580. The van der Waals surface area contributed by atoms with Crippen LogP contribution < -0.4 is 10.2 Å². The van der Waals surface area contributed by atoms with Gasteiger partial charge < -0.3 is 15.0 Å². The molecule has 108 valence electrons. The van der Waals surface area contributed by atoms with Crippen molar-refractivity contribution in [2.45, 2.75) is 32.9 Å². The van der Waals surface area contributed by atoms with E-state index in [1.807, 2.05) is 7.05 Å². The first-order chi connectivity index (χ1) is 9.04. The number of halogens is 1. The van der Waals surface area contributed by atoms with Crippen molar-refractivity contribution >= 4 is 21.6 Å². The van der Waals surface area contributed by atoms with E-state index in [-0.39, 0.29) is 0 Å². The first-order valence-electron chi connectivity index (χ1n) is 6.77. The summed E-state index contributed by atoms with van der Waals surface area (Å²) in [5.74, 6) is 0. The molecule has 0 aromatic heterocycles. The summed E-state index contributed by atoms with van der Waals surface area (Å²) >= 11 is 3.70. The van der Waals surface area contributed by atoms with Gasteiger partial charge in [-0.15, -0.1) is 0 Å². The Morgan fingerprint density at radius 1 is 1.37 bits per heavy atom. The van der Waals surface area contributed by atoms with E-state index in [0.29, 0.717) is 12.1 Å². The molecule has 0 fully saturated rings. The van der Waals surface area contributed by atoms with Crippen LogP contribution in [-0.2, 0) is 4.74 Å². The molecule has 0 amide bonds. The van der Waals surface area contributed by atoms with Crippen molar-refractivity contribution in [2.24, 2.45) is 0 Å². The van der Waals surface area contributed by atoms with E-state index in [0.717, 1.165) is 17.6 Å². The summed E-state index contributed by atoms with van der Waals surface area (Å²) in [7, 11) is 3.72. The number of nitrogens with zero attached hydrogens (tertiary/aromatic N) is 1. The lowest BCUT2D eigenvalue weighted by Crippen LogP contribution is -2.36. The van der Waals surface area contributed by atoms with E-state index in [9.17, 15) is 0 Å². The van der Waals surface area contributed by atoms with E-state index in [2.05, 4.69) is 65.1 Å². The maximum atomic E-state index is 5.26. The summed E-state index contributed by atoms with van der Waals surface area (Å²) in [5.41, 5.74) is 2.51. The average Bonchev–Trinajstić information content (AvgIpc) is 2.40. The molecule has 0 saturated carbocycles. The first-order valence-corrected chi connectivity index (χ1v) is 7.56. The molecular weight excluding hydrogens is 304 g/mol. The number of hydrogen-bond donors (Lipinski definition) is 1. The molecule has 0 aliphatic heterocycles. The summed E-state index contributed by atoms with van der Waals surface area (Å²) in [5, 5.41) is 3.26. The molecule has 1 rings (SSSR count). The van der Waals surface area contributed by atoms with Crippen LogP contribution in [0.25, 0.3) is 0 Å². The Labute approximate surface area is 125 Å². The van der Waals surface area contributed by atoms with Gasteiger partial charge in [0.2, 0.25) is 0 Å². The predicted molar refractivity (Wildman–Crippen MR) is 86.0 cm³/mol. The monoisotopic (exact) mass is 328 g/mol. The van der Waals surface area contributed by atoms with Gasteiger partial charge in [0.05, 0.1) is 12.3 Å². The summed E-state index contributed by atoms with van der Waals surface area (Å²) in [6.45, 7) is 8.21. The quantitative estimate of drug-likeness (QED) is 0.827. The zero-order valence-electron chi connectivity index (χ0n) is 12.5. The van der Waals surface area contributed by atoms with Crippen LogP contribution in [0.3, 0.4) is 0 Å². The Balaban J connectivity index is 2.99. The molecule has 3 nitrogen and oxygen atoms in total. The fourth-order valence-corrected chi connectivity index (χ4v) is 2.87. The van der Waals surface area contributed by atoms with Crippen molar-refractivity contribution in [2.75, 3.05) is 32.2 Å². The van der Waals surface area contributed by atoms with Crippen molar-refractivity contribution in [3.63, 3.8) is 0 Å². The Morgan fingerprint density at radius 3 is 2.53 bits per heavy atom. The molecule has 4 heteroatoms. The van der Waals surface area contributed by atoms with Gasteiger partial charge in [0.1, 0.15) is 0 Å². The highest BCUT2D eigenvalue weighted by molar-refractivity contribution is 9.10. The molecule has 0 spiro atoms. The zero-order valence-corrected chi connectivity index (χ0v) is 14.1. The second-order valence-electron chi connectivity index (χ2n) is 4.81. The summed E-state index contributed by atoms with van der Waals surface area (Å²) in [6, 6.07) is 7.28. The van der Waals surface area contributed by atoms with Crippen LogP contribution in [-0.4, -0.2) is 33.4 Å². The van der Waals surface area contributed by atoms with Crippen LogP contribution in [0.5, 0.6) is 0 Å². The summed E-state index contributed by atoms with van der Waals surface area (Å²) in [4.78, 5) is 2.35. The molecule has 1 N–H and O–H groups in total. The van der Waals surface area contributed by atoms with Gasteiger partial charge >= 0.3 is 0 Å². The molecule has 0 radical (unpaired) electrons. The van der Waals surface area contributed by atoms with Gasteiger partial charge in [-0.25, -0.2) is 0 Å². The number of ether oxygens (including phenoxy) is 1. The van der Waals surface area contributed by atoms with Gasteiger partial charge in [-0.2, -0.15) is 0 Å². The van der Waals surface area contributed by atoms with Gasteiger partial charge in [-0.1, -0.05) is 6.07 Å². The Morgan fingerprint density at radius 2 is 2.05 bits per heavy atom. The second kappa shape index (κ2) is 7.88. The summed E-state index contributed by atoms with van der Waals surface area (Å²) < 4.78 is 6.40. The van der Waals surface area contributed by atoms with Gasteiger partial charge in [0.25, 0.3) is 0 Å². The highest BCUT2D eigenvalue weighted by Crippen LogP contribution is 2.30. The minimum absolute atomic E-state index is 0.358. The Bertz CT molecular complexity index is 398. The maximum Gasteiger partial charge on any atom is 0.0663 e. The largest absolute Gasteiger partial charge is 0.383 e. The van der Waals surface area contributed by atoms with Gasteiger partial charge in [-0.05, 0) is 61.4 Å². The normalized spacial score (nSPS) is 14.2. The molecule has 1 aromatic rings. The highest BCUT2D eigenvalue weighted by Gasteiger charge is 2.16. The van der Waals surface area contributed by atoms with E-state index in [4.69, 9.17) is 4.74 Å². The fraction of sp³-hybridized carbons (Fsp3) is 0.600. The SMILES string of the molecule is CCN(c1ccc(C(C)NC)cc1Br)C(C)COC. The molecule has 0 aliphatic rings. The lowest BCUT2D eigenvalue weighted by molar-refractivity contribution is 0.182. The van der Waals surface area contributed by atoms with Crippen LogP contribution in [0.15, 0.2) is 22.7 Å². The van der Waals surface area contributed by atoms with E-state index >= 15 is 0 Å². The van der Waals surface area contributed by atoms with Crippen LogP contribution in [0, 0.1) is 0 Å². The number of anilines is 1. The molecule has 1 aromatic carbocycles. The molecule has 0 heterocycles. The number of likely N-dealkylation sites (N-methyl/N-ethyl adjacent to an activating group) is 1. The van der Waals surface area contributed by atoms with E-state index < -0.39 is 0 Å². The third-order valence-electron chi connectivity index (χ3n) is 3.49. The number of benzene rings is 1.